The Balaban J connectivity index is 2.76. The number of aldehydes is 1. The average molecular weight is 150 g/mol. The van der Waals surface area contributed by atoms with Gasteiger partial charge in [-0.05, 0) is 6.92 Å². The molecule has 0 unspecified atom stereocenters. The van der Waals surface area contributed by atoms with Crippen LogP contribution < -0.4 is 0 Å². The van der Waals surface area contributed by atoms with Crippen molar-refractivity contribution in [3.05, 3.63) is 30.4 Å². The van der Waals surface area contributed by atoms with Gasteiger partial charge >= 0.3 is 0 Å². The number of rotatable bonds is 3. The molecule has 0 spiro atoms. The Labute approximate surface area is 65.4 Å². The molecule has 1 heterocycles. The van der Waals surface area contributed by atoms with Crippen LogP contribution >= 0.6 is 0 Å². The molecule has 58 valence electrons. The van der Waals surface area contributed by atoms with Gasteiger partial charge in [-0.2, -0.15) is 0 Å². The molecule has 0 aliphatic heterocycles. The van der Waals surface area contributed by atoms with Gasteiger partial charge in [-0.3, -0.25) is 4.79 Å². The first-order valence-electron chi connectivity index (χ1n) is 3.46. The van der Waals surface area contributed by atoms with Crippen LogP contribution in [0, 0.1) is 0 Å². The summed E-state index contributed by atoms with van der Waals surface area (Å²) in [5, 5.41) is 0. The van der Waals surface area contributed by atoms with Crippen LogP contribution in [0.15, 0.2) is 24.5 Å². The number of hydrogen-bond donors (Lipinski definition) is 0. The molecule has 0 aromatic carbocycles. The van der Waals surface area contributed by atoms with Crippen LogP contribution in [-0.4, -0.2) is 15.8 Å². The lowest BCUT2D eigenvalue weighted by Gasteiger charge is -1.96. The molecule has 3 heteroatoms. The lowest BCUT2D eigenvalue weighted by molar-refractivity contribution is 0.111. The highest BCUT2D eigenvalue weighted by Crippen LogP contribution is 1.93. The molecule has 0 saturated carbocycles. The van der Waals surface area contributed by atoms with Gasteiger partial charge in [0.2, 0.25) is 0 Å². The normalized spacial score (nSPS) is 10.6. The lowest BCUT2D eigenvalue weighted by atomic mass is 10.5. The Morgan fingerprint density at radius 1 is 1.73 bits per heavy atom. The maximum absolute atomic E-state index is 10.3. The van der Waals surface area contributed by atoms with E-state index >= 15 is 0 Å². The van der Waals surface area contributed by atoms with Gasteiger partial charge < -0.3 is 4.57 Å². The number of allylic oxidation sites excluding steroid dienone is 2. The van der Waals surface area contributed by atoms with Crippen molar-refractivity contribution in [1.82, 2.24) is 9.55 Å². The van der Waals surface area contributed by atoms with Crippen LogP contribution in [-0.2, 0) is 6.54 Å². The maximum atomic E-state index is 10.3. The van der Waals surface area contributed by atoms with Crippen molar-refractivity contribution >= 4 is 6.29 Å². The molecule has 0 saturated heterocycles. The highest BCUT2D eigenvalue weighted by molar-refractivity contribution is 5.69. The number of nitrogens with zero attached hydrogens (tertiary/aromatic N) is 2. The molecule has 0 atom stereocenters. The molecule has 11 heavy (non-hydrogen) atoms. The summed E-state index contributed by atoms with van der Waals surface area (Å²) in [4.78, 5) is 14.2. The number of imidazole rings is 1. The van der Waals surface area contributed by atoms with E-state index < -0.39 is 0 Å². The summed E-state index contributed by atoms with van der Waals surface area (Å²) in [6, 6.07) is 0. The summed E-state index contributed by atoms with van der Waals surface area (Å²) in [6.07, 6.45) is 8.06. The minimum absolute atomic E-state index is 0.475. The van der Waals surface area contributed by atoms with E-state index in [1.165, 1.54) is 0 Å². The van der Waals surface area contributed by atoms with Crippen molar-refractivity contribution in [3.63, 3.8) is 0 Å². The summed E-state index contributed by atoms with van der Waals surface area (Å²) in [7, 11) is 0. The van der Waals surface area contributed by atoms with E-state index in [1.54, 1.807) is 17.0 Å². The van der Waals surface area contributed by atoms with Crippen molar-refractivity contribution in [2.75, 3.05) is 0 Å². The summed E-state index contributed by atoms with van der Waals surface area (Å²) >= 11 is 0. The average Bonchev–Trinajstić information content (AvgIpc) is 2.47. The van der Waals surface area contributed by atoms with Crippen molar-refractivity contribution < 1.29 is 4.79 Å². The second-order valence-corrected chi connectivity index (χ2v) is 2.12. The molecule has 0 radical (unpaired) electrons. The molecular weight excluding hydrogens is 140 g/mol. The highest BCUT2D eigenvalue weighted by Gasteiger charge is 1.96. The Morgan fingerprint density at radius 2 is 2.55 bits per heavy atom. The first kappa shape index (κ1) is 7.72. The predicted molar refractivity (Wildman–Crippen MR) is 42.4 cm³/mol. The zero-order valence-electron chi connectivity index (χ0n) is 6.40. The van der Waals surface area contributed by atoms with Crippen LogP contribution in [0.3, 0.4) is 0 Å². The maximum Gasteiger partial charge on any atom is 0.185 e. The molecule has 3 nitrogen and oxygen atoms in total. The van der Waals surface area contributed by atoms with Gasteiger partial charge in [-0.1, -0.05) is 12.2 Å². The minimum Gasteiger partial charge on any atom is -0.325 e. The fourth-order valence-electron chi connectivity index (χ4n) is 0.812. The zero-order chi connectivity index (χ0) is 8.10. The Bertz CT molecular complexity index is 263. The van der Waals surface area contributed by atoms with Crippen molar-refractivity contribution in [2.24, 2.45) is 0 Å². The van der Waals surface area contributed by atoms with Crippen LogP contribution in [0.25, 0.3) is 0 Å². The zero-order valence-corrected chi connectivity index (χ0v) is 6.40. The van der Waals surface area contributed by atoms with Crippen molar-refractivity contribution in [1.29, 1.82) is 0 Å². The molecule has 0 aliphatic carbocycles. The first-order valence-corrected chi connectivity index (χ1v) is 3.46. The first-order chi connectivity index (χ1) is 5.38. The fourth-order valence-corrected chi connectivity index (χ4v) is 0.812. The van der Waals surface area contributed by atoms with Gasteiger partial charge in [0.25, 0.3) is 0 Å². The molecule has 0 fully saturated rings. The number of aromatic nitrogens is 2. The van der Waals surface area contributed by atoms with Gasteiger partial charge in [-0.15, -0.1) is 0 Å². The molecular formula is C8H10N2O. The molecule has 1 rings (SSSR count). The van der Waals surface area contributed by atoms with E-state index in [2.05, 4.69) is 4.98 Å². The largest absolute Gasteiger partial charge is 0.325 e. The molecule has 0 N–H and O–H groups in total. The molecule has 1 aromatic rings. The van der Waals surface area contributed by atoms with E-state index in [-0.39, 0.29) is 0 Å². The van der Waals surface area contributed by atoms with Crippen molar-refractivity contribution in [2.45, 2.75) is 13.5 Å². The third kappa shape index (κ3) is 1.77. The van der Waals surface area contributed by atoms with Gasteiger partial charge in [0, 0.05) is 18.9 Å². The van der Waals surface area contributed by atoms with Gasteiger partial charge in [0.15, 0.2) is 12.1 Å². The van der Waals surface area contributed by atoms with Crippen LogP contribution in [0.1, 0.15) is 17.5 Å². The van der Waals surface area contributed by atoms with Crippen molar-refractivity contribution in [3.8, 4) is 0 Å². The second kappa shape index (κ2) is 3.71. The topological polar surface area (TPSA) is 34.9 Å². The van der Waals surface area contributed by atoms with Gasteiger partial charge in [-0.25, -0.2) is 4.98 Å². The molecule has 0 aliphatic rings. The SMILES string of the molecule is CC=CCn1ccnc1C=O. The number of hydrogen-bond acceptors (Lipinski definition) is 2. The van der Waals surface area contributed by atoms with Crippen LogP contribution in [0.4, 0.5) is 0 Å². The summed E-state index contributed by atoms with van der Waals surface area (Å²) in [5.74, 6) is 0.475. The predicted octanol–water partition coefficient (Wildman–Crippen LogP) is 1.27. The van der Waals surface area contributed by atoms with E-state index in [0.717, 1.165) is 6.29 Å². The quantitative estimate of drug-likeness (QED) is 0.480. The summed E-state index contributed by atoms with van der Waals surface area (Å²) in [6.45, 7) is 2.65. The van der Waals surface area contributed by atoms with Gasteiger partial charge in [0.05, 0.1) is 0 Å². The lowest BCUT2D eigenvalue weighted by Crippen LogP contribution is -1.99. The Kier molecular flexibility index (Phi) is 2.60. The third-order valence-corrected chi connectivity index (χ3v) is 1.39. The van der Waals surface area contributed by atoms with E-state index in [9.17, 15) is 4.79 Å². The van der Waals surface area contributed by atoms with Gasteiger partial charge in [0.1, 0.15) is 0 Å². The second-order valence-electron chi connectivity index (χ2n) is 2.12. The number of carbonyl (C=O) groups is 1. The third-order valence-electron chi connectivity index (χ3n) is 1.39. The molecule has 0 bridgehead atoms. The smallest absolute Gasteiger partial charge is 0.185 e. The summed E-state index contributed by atoms with van der Waals surface area (Å²) < 4.78 is 1.78. The monoisotopic (exact) mass is 150 g/mol. The highest BCUT2D eigenvalue weighted by atomic mass is 16.1. The molecule has 0 amide bonds. The number of carbonyl (C=O) groups excluding carboxylic acids is 1. The minimum atomic E-state index is 0.475. The summed E-state index contributed by atoms with van der Waals surface area (Å²) in [5.41, 5.74) is 0. The standard InChI is InChI=1S/C8H10N2O/c1-2-3-5-10-6-4-9-8(10)7-11/h2-4,6-7H,5H2,1H3. The van der Waals surface area contributed by atoms with Crippen LogP contribution in [0.5, 0.6) is 0 Å². The Hall–Kier alpha value is -1.38. The fraction of sp³-hybridized carbons (Fsp3) is 0.250. The van der Waals surface area contributed by atoms with E-state index in [1.807, 2.05) is 19.1 Å². The van der Waals surface area contributed by atoms with E-state index in [4.69, 9.17) is 0 Å². The van der Waals surface area contributed by atoms with E-state index in [0.29, 0.717) is 12.4 Å². The van der Waals surface area contributed by atoms with Crippen LogP contribution in [0.2, 0.25) is 0 Å². The Morgan fingerprint density at radius 3 is 3.18 bits per heavy atom. The molecule has 1 aromatic heterocycles.